The summed E-state index contributed by atoms with van der Waals surface area (Å²) in [5, 5.41) is 18.7. The van der Waals surface area contributed by atoms with Gasteiger partial charge in [0.25, 0.3) is 0 Å². The van der Waals surface area contributed by atoms with Crippen LogP contribution in [0.25, 0.3) is 0 Å². The average molecular weight is 262 g/mol. The van der Waals surface area contributed by atoms with Gasteiger partial charge in [0, 0.05) is 11.7 Å². The minimum Gasteiger partial charge on any atom is -0.506 e. The van der Waals surface area contributed by atoms with Crippen LogP contribution < -0.4 is 4.52 Å². The summed E-state index contributed by atoms with van der Waals surface area (Å²) in [4.78, 5) is 3.82. The maximum atomic E-state index is 11.3. The van der Waals surface area contributed by atoms with Crippen LogP contribution in [0.3, 0.4) is 0 Å². The number of ether oxygens (including phenoxy) is 1. The zero-order chi connectivity index (χ0) is 12.8. The predicted molar refractivity (Wildman–Crippen MR) is 57.8 cm³/mol. The van der Waals surface area contributed by atoms with Crippen molar-refractivity contribution in [1.29, 1.82) is 0 Å². The van der Waals surface area contributed by atoms with E-state index in [0.717, 1.165) is 0 Å². The van der Waals surface area contributed by atoms with E-state index >= 15 is 0 Å². The SMILES string of the molecule is COCO[P+](=O)Oc1cnc(C)c(O)c1CO. The standard InChI is InChI=1S/C9H12NO6P/c1-6-9(12)7(4-11)8(3-10-6)16-17(13)15-5-14-2/h3,11H,4-5H2,1-2H3/p+1. The van der Waals surface area contributed by atoms with Crippen molar-refractivity contribution in [2.24, 2.45) is 0 Å². The van der Waals surface area contributed by atoms with E-state index < -0.39 is 14.9 Å². The van der Waals surface area contributed by atoms with Gasteiger partial charge in [-0.25, -0.2) is 4.52 Å². The number of pyridine rings is 1. The number of nitrogens with zero attached hydrogens (tertiary/aromatic N) is 1. The lowest BCUT2D eigenvalue weighted by Crippen LogP contribution is -1.97. The quantitative estimate of drug-likeness (QED) is 0.587. The van der Waals surface area contributed by atoms with Crippen molar-refractivity contribution in [3.8, 4) is 11.5 Å². The van der Waals surface area contributed by atoms with E-state index in [1.165, 1.54) is 13.3 Å². The van der Waals surface area contributed by atoms with Crippen LogP contribution in [0.15, 0.2) is 6.20 Å². The molecule has 1 unspecified atom stereocenters. The van der Waals surface area contributed by atoms with Gasteiger partial charge in [-0.05, 0) is 6.92 Å². The van der Waals surface area contributed by atoms with Gasteiger partial charge in [0.2, 0.25) is 12.5 Å². The first-order valence-corrected chi connectivity index (χ1v) is 5.75. The van der Waals surface area contributed by atoms with Crippen LogP contribution in [0, 0.1) is 6.92 Å². The monoisotopic (exact) mass is 262 g/mol. The Morgan fingerprint density at radius 3 is 2.82 bits per heavy atom. The second-order valence-electron chi connectivity index (χ2n) is 3.04. The fourth-order valence-corrected chi connectivity index (χ4v) is 1.63. The molecule has 7 nitrogen and oxygen atoms in total. The third-order valence-corrected chi connectivity index (χ3v) is 2.57. The van der Waals surface area contributed by atoms with Crippen LogP contribution in [0.1, 0.15) is 11.3 Å². The number of aromatic nitrogens is 1. The Bertz CT molecular complexity index is 411. The van der Waals surface area contributed by atoms with Crippen molar-refractivity contribution in [1.82, 2.24) is 4.98 Å². The molecule has 8 heteroatoms. The summed E-state index contributed by atoms with van der Waals surface area (Å²) in [6.45, 7) is 0.923. The Morgan fingerprint density at radius 1 is 1.53 bits per heavy atom. The molecule has 0 aliphatic carbocycles. The summed E-state index contributed by atoms with van der Waals surface area (Å²) in [6.07, 6.45) is 1.25. The van der Waals surface area contributed by atoms with Crippen LogP contribution in [-0.4, -0.2) is 29.1 Å². The molecule has 1 aromatic rings. The van der Waals surface area contributed by atoms with Crippen molar-refractivity contribution in [2.75, 3.05) is 13.9 Å². The summed E-state index contributed by atoms with van der Waals surface area (Å²) in [5.74, 6) is -0.187. The summed E-state index contributed by atoms with van der Waals surface area (Å²) in [6, 6.07) is 0. The third kappa shape index (κ3) is 3.61. The third-order valence-electron chi connectivity index (χ3n) is 1.91. The van der Waals surface area contributed by atoms with Crippen molar-refractivity contribution >= 4 is 8.25 Å². The first kappa shape index (κ1) is 13.8. The Hall–Kier alpha value is -1.27. The summed E-state index contributed by atoms with van der Waals surface area (Å²) in [5.41, 5.74) is 0.455. The average Bonchev–Trinajstić information content (AvgIpc) is 2.32. The largest absolute Gasteiger partial charge is 0.752 e. The number of hydrogen-bond donors (Lipinski definition) is 2. The summed E-state index contributed by atoms with van der Waals surface area (Å²) >= 11 is 0. The summed E-state index contributed by atoms with van der Waals surface area (Å²) < 4.78 is 25.4. The fraction of sp³-hybridized carbons (Fsp3) is 0.444. The molecule has 0 saturated heterocycles. The highest BCUT2D eigenvalue weighted by Crippen LogP contribution is 2.35. The van der Waals surface area contributed by atoms with Crippen LogP contribution in [-0.2, 0) is 20.4 Å². The number of methoxy groups -OCH3 is 1. The van der Waals surface area contributed by atoms with E-state index in [0.29, 0.717) is 5.69 Å². The van der Waals surface area contributed by atoms with Gasteiger partial charge >= 0.3 is 8.25 Å². The molecule has 1 atom stereocenters. The fourth-order valence-electron chi connectivity index (χ4n) is 1.06. The highest BCUT2D eigenvalue weighted by Gasteiger charge is 2.26. The van der Waals surface area contributed by atoms with E-state index in [2.05, 4.69) is 14.2 Å². The smallest absolute Gasteiger partial charge is 0.506 e. The molecule has 0 bridgehead atoms. The molecular weight excluding hydrogens is 249 g/mol. The molecule has 0 amide bonds. The molecule has 1 heterocycles. The van der Waals surface area contributed by atoms with Gasteiger partial charge in [-0.1, -0.05) is 4.52 Å². The Labute approximate surface area is 98.9 Å². The lowest BCUT2D eigenvalue weighted by molar-refractivity contribution is 0.0498. The number of aliphatic hydroxyl groups is 1. The van der Waals surface area contributed by atoms with Gasteiger partial charge in [0.15, 0.2) is 0 Å². The molecule has 0 aromatic carbocycles. The molecule has 0 spiro atoms. The zero-order valence-corrected chi connectivity index (χ0v) is 10.3. The Morgan fingerprint density at radius 2 is 2.24 bits per heavy atom. The van der Waals surface area contributed by atoms with Crippen LogP contribution >= 0.6 is 8.25 Å². The first-order chi connectivity index (χ1) is 8.10. The molecule has 2 N–H and O–H groups in total. The second kappa shape index (κ2) is 6.46. The number of aliphatic hydroxyl groups excluding tert-OH is 1. The number of aryl methyl sites for hydroxylation is 1. The van der Waals surface area contributed by atoms with E-state index in [1.807, 2.05) is 0 Å². The normalized spacial score (nSPS) is 11.4. The highest BCUT2D eigenvalue weighted by molar-refractivity contribution is 7.33. The second-order valence-corrected chi connectivity index (χ2v) is 3.93. The topological polar surface area (TPSA) is 98.1 Å². The highest BCUT2D eigenvalue weighted by atomic mass is 31.1. The molecule has 17 heavy (non-hydrogen) atoms. The van der Waals surface area contributed by atoms with Crippen molar-refractivity contribution < 1.29 is 28.6 Å². The molecule has 94 valence electrons. The molecule has 0 fully saturated rings. The zero-order valence-electron chi connectivity index (χ0n) is 9.41. The Kier molecular flexibility index (Phi) is 5.24. The van der Waals surface area contributed by atoms with Gasteiger partial charge in [-0.3, -0.25) is 4.98 Å². The maximum absolute atomic E-state index is 11.3. The van der Waals surface area contributed by atoms with Gasteiger partial charge in [-0.2, -0.15) is 0 Å². The number of aromatic hydroxyl groups is 1. The first-order valence-electron chi connectivity index (χ1n) is 4.65. The number of rotatable bonds is 6. The minimum absolute atomic E-state index is 0.00724. The Balaban J connectivity index is 2.84. The maximum Gasteiger partial charge on any atom is 0.752 e. The molecule has 0 saturated carbocycles. The molecule has 1 aromatic heterocycles. The minimum atomic E-state index is -2.44. The van der Waals surface area contributed by atoms with Crippen LogP contribution in [0.4, 0.5) is 0 Å². The van der Waals surface area contributed by atoms with E-state index in [-0.39, 0.29) is 23.9 Å². The van der Waals surface area contributed by atoms with Crippen LogP contribution in [0.2, 0.25) is 0 Å². The molecule has 1 rings (SSSR count). The molecular formula is C9H13NO6P+. The van der Waals surface area contributed by atoms with Crippen molar-refractivity contribution in [2.45, 2.75) is 13.5 Å². The molecule has 0 radical (unpaired) electrons. The number of hydrogen-bond acceptors (Lipinski definition) is 7. The van der Waals surface area contributed by atoms with Crippen LogP contribution in [0.5, 0.6) is 11.5 Å². The van der Waals surface area contributed by atoms with Gasteiger partial charge in [0.05, 0.1) is 24.1 Å². The van der Waals surface area contributed by atoms with E-state index in [9.17, 15) is 9.67 Å². The van der Waals surface area contributed by atoms with E-state index in [4.69, 9.17) is 9.63 Å². The molecule has 0 aliphatic rings. The van der Waals surface area contributed by atoms with Gasteiger partial charge in [-0.15, -0.1) is 0 Å². The van der Waals surface area contributed by atoms with Crippen molar-refractivity contribution in [3.05, 3.63) is 17.5 Å². The van der Waals surface area contributed by atoms with Crippen molar-refractivity contribution in [3.63, 3.8) is 0 Å². The van der Waals surface area contributed by atoms with Gasteiger partial charge in [0.1, 0.15) is 5.75 Å². The predicted octanol–water partition coefficient (Wildman–Crippen LogP) is 1.24. The van der Waals surface area contributed by atoms with Gasteiger partial charge < -0.3 is 14.9 Å². The van der Waals surface area contributed by atoms with E-state index in [1.54, 1.807) is 6.92 Å². The lowest BCUT2D eigenvalue weighted by atomic mass is 10.2. The lowest BCUT2D eigenvalue weighted by Gasteiger charge is -2.05. The summed E-state index contributed by atoms with van der Waals surface area (Å²) in [7, 11) is -1.07. The molecule has 0 aliphatic heterocycles.